The molecular weight excluding hydrogens is 365 g/mol. The first-order valence-electron chi connectivity index (χ1n) is 7.69. The van der Waals surface area contributed by atoms with Gasteiger partial charge in [0.15, 0.2) is 5.96 Å². The fourth-order valence-electron chi connectivity index (χ4n) is 2.70. The maximum Gasteiger partial charge on any atom is 0.193 e. The van der Waals surface area contributed by atoms with E-state index in [0.29, 0.717) is 0 Å². The van der Waals surface area contributed by atoms with E-state index in [-0.39, 0.29) is 24.0 Å². The van der Waals surface area contributed by atoms with Crippen molar-refractivity contribution in [2.24, 2.45) is 16.8 Å². The van der Waals surface area contributed by atoms with Crippen LogP contribution in [0.15, 0.2) is 4.99 Å². The largest absolute Gasteiger partial charge is 0.385 e. The number of ether oxygens (including phenoxy) is 1. The molecule has 0 amide bonds. The molecule has 1 unspecified atom stereocenters. The van der Waals surface area contributed by atoms with Crippen LogP contribution in [-0.2, 0) is 4.74 Å². The van der Waals surface area contributed by atoms with E-state index in [2.05, 4.69) is 31.0 Å². The highest BCUT2D eigenvalue weighted by Crippen LogP contribution is 2.23. The van der Waals surface area contributed by atoms with Gasteiger partial charge in [0.1, 0.15) is 0 Å². The van der Waals surface area contributed by atoms with Gasteiger partial charge in [-0.25, -0.2) is 0 Å². The molecular formula is C15H32IN3O. The predicted molar refractivity (Wildman–Crippen MR) is 97.0 cm³/mol. The second-order valence-corrected chi connectivity index (χ2v) is 5.81. The summed E-state index contributed by atoms with van der Waals surface area (Å²) in [6.07, 6.45) is 3.63. The second kappa shape index (κ2) is 11.6. The van der Waals surface area contributed by atoms with Crippen LogP contribution in [-0.4, -0.2) is 50.8 Å². The molecule has 5 heteroatoms. The highest BCUT2D eigenvalue weighted by atomic mass is 127. The number of nitrogens with one attached hydrogen (secondary N) is 1. The Kier molecular flexibility index (Phi) is 11.6. The molecule has 1 rings (SSSR count). The predicted octanol–water partition coefficient (Wildman–Crippen LogP) is 2.97. The summed E-state index contributed by atoms with van der Waals surface area (Å²) < 4.78 is 5.07. The number of halogens is 1. The lowest BCUT2D eigenvalue weighted by Gasteiger charge is -2.22. The summed E-state index contributed by atoms with van der Waals surface area (Å²) in [6.45, 7) is 11.6. The van der Waals surface area contributed by atoms with Gasteiger partial charge in [0.05, 0.1) is 0 Å². The van der Waals surface area contributed by atoms with E-state index in [4.69, 9.17) is 9.73 Å². The van der Waals surface area contributed by atoms with Crippen LogP contribution in [0.1, 0.15) is 40.0 Å². The number of aliphatic imine (C=N–C) groups is 1. The number of rotatable bonds is 7. The maximum absolute atomic E-state index is 5.07. The van der Waals surface area contributed by atoms with Crippen molar-refractivity contribution in [1.82, 2.24) is 10.2 Å². The highest BCUT2D eigenvalue weighted by molar-refractivity contribution is 14.0. The quantitative estimate of drug-likeness (QED) is 0.311. The van der Waals surface area contributed by atoms with Gasteiger partial charge < -0.3 is 15.0 Å². The first-order chi connectivity index (χ1) is 9.17. The Morgan fingerprint density at radius 2 is 2.20 bits per heavy atom. The number of hydrogen-bond donors (Lipinski definition) is 1. The van der Waals surface area contributed by atoms with Crippen LogP contribution in [0.25, 0.3) is 0 Å². The SMILES string of the molecule is CCNC(=NCCCOC)N1CCC(CC(C)C)C1.I. The Morgan fingerprint density at radius 3 is 2.80 bits per heavy atom. The molecule has 1 aliphatic rings. The van der Waals surface area contributed by atoms with E-state index in [1.807, 2.05) is 0 Å². The lowest BCUT2D eigenvalue weighted by molar-refractivity contribution is 0.197. The van der Waals surface area contributed by atoms with E-state index in [0.717, 1.165) is 57.0 Å². The summed E-state index contributed by atoms with van der Waals surface area (Å²) in [4.78, 5) is 7.12. The summed E-state index contributed by atoms with van der Waals surface area (Å²) in [7, 11) is 1.74. The van der Waals surface area contributed by atoms with Gasteiger partial charge in [0.2, 0.25) is 0 Å². The van der Waals surface area contributed by atoms with E-state index in [1.165, 1.54) is 12.8 Å². The standard InChI is InChI=1S/C15H31N3O.HI/c1-5-16-15(17-8-6-10-19-4)18-9-7-14(12-18)11-13(2)3;/h13-14H,5-12H2,1-4H3,(H,16,17);1H. The molecule has 0 bridgehead atoms. The summed E-state index contributed by atoms with van der Waals surface area (Å²) >= 11 is 0. The number of methoxy groups -OCH3 is 1. The molecule has 1 atom stereocenters. The minimum atomic E-state index is 0. The van der Waals surface area contributed by atoms with E-state index in [1.54, 1.807) is 7.11 Å². The second-order valence-electron chi connectivity index (χ2n) is 5.81. The normalized spacial score (nSPS) is 19.4. The van der Waals surface area contributed by atoms with Crippen molar-refractivity contribution in [3.63, 3.8) is 0 Å². The van der Waals surface area contributed by atoms with Crippen molar-refractivity contribution >= 4 is 29.9 Å². The van der Waals surface area contributed by atoms with Gasteiger partial charge in [-0.1, -0.05) is 13.8 Å². The van der Waals surface area contributed by atoms with Gasteiger partial charge in [-0.2, -0.15) is 0 Å². The van der Waals surface area contributed by atoms with Gasteiger partial charge in [0.25, 0.3) is 0 Å². The van der Waals surface area contributed by atoms with Gasteiger partial charge in [-0.05, 0) is 38.0 Å². The van der Waals surface area contributed by atoms with Gasteiger partial charge in [-0.3, -0.25) is 4.99 Å². The first kappa shape index (κ1) is 20.0. The van der Waals surface area contributed by atoms with Crippen LogP contribution in [0.2, 0.25) is 0 Å². The smallest absolute Gasteiger partial charge is 0.193 e. The molecule has 0 spiro atoms. The van der Waals surface area contributed by atoms with Crippen molar-refractivity contribution in [2.45, 2.75) is 40.0 Å². The fraction of sp³-hybridized carbons (Fsp3) is 0.933. The van der Waals surface area contributed by atoms with Gasteiger partial charge in [-0.15, -0.1) is 24.0 Å². The van der Waals surface area contributed by atoms with E-state index >= 15 is 0 Å². The van der Waals surface area contributed by atoms with Crippen LogP contribution in [0, 0.1) is 11.8 Å². The zero-order chi connectivity index (χ0) is 14.1. The summed E-state index contributed by atoms with van der Waals surface area (Å²) in [5.41, 5.74) is 0. The molecule has 20 heavy (non-hydrogen) atoms. The Morgan fingerprint density at radius 1 is 1.45 bits per heavy atom. The Balaban J connectivity index is 0.00000361. The average Bonchev–Trinajstić information content (AvgIpc) is 2.80. The summed E-state index contributed by atoms with van der Waals surface area (Å²) in [5, 5.41) is 3.41. The topological polar surface area (TPSA) is 36.9 Å². The summed E-state index contributed by atoms with van der Waals surface area (Å²) in [6, 6.07) is 0. The van der Waals surface area contributed by atoms with Crippen molar-refractivity contribution in [3.05, 3.63) is 0 Å². The van der Waals surface area contributed by atoms with Crippen LogP contribution in [0.4, 0.5) is 0 Å². The van der Waals surface area contributed by atoms with Crippen LogP contribution in [0.3, 0.4) is 0 Å². The number of nitrogens with zero attached hydrogens (tertiary/aromatic N) is 2. The van der Waals surface area contributed by atoms with Crippen molar-refractivity contribution in [3.8, 4) is 0 Å². The minimum Gasteiger partial charge on any atom is -0.385 e. The van der Waals surface area contributed by atoms with Crippen LogP contribution in [0.5, 0.6) is 0 Å². The number of guanidine groups is 1. The summed E-state index contributed by atoms with van der Waals surface area (Å²) in [5.74, 6) is 2.72. The van der Waals surface area contributed by atoms with Crippen molar-refractivity contribution in [1.29, 1.82) is 0 Å². The third kappa shape index (κ3) is 7.67. The Labute approximate surface area is 141 Å². The zero-order valence-corrected chi connectivity index (χ0v) is 15.9. The molecule has 0 aromatic heterocycles. The molecule has 0 saturated carbocycles. The average molecular weight is 397 g/mol. The highest BCUT2D eigenvalue weighted by Gasteiger charge is 2.25. The Hall–Kier alpha value is -0.0400. The molecule has 4 nitrogen and oxygen atoms in total. The fourth-order valence-corrected chi connectivity index (χ4v) is 2.70. The zero-order valence-electron chi connectivity index (χ0n) is 13.5. The van der Waals surface area contributed by atoms with Crippen LogP contribution < -0.4 is 5.32 Å². The van der Waals surface area contributed by atoms with E-state index in [9.17, 15) is 0 Å². The molecule has 0 aromatic carbocycles. The molecule has 1 heterocycles. The van der Waals surface area contributed by atoms with E-state index < -0.39 is 0 Å². The molecule has 0 aromatic rings. The molecule has 1 fully saturated rings. The lowest BCUT2D eigenvalue weighted by Crippen LogP contribution is -2.40. The molecule has 1 N–H and O–H groups in total. The van der Waals surface area contributed by atoms with Gasteiger partial charge >= 0.3 is 0 Å². The maximum atomic E-state index is 5.07. The number of hydrogen-bond acceptors (Lipinski definition) is 2. The first-order valence-corrected chi connectivity index (χ1v) is 7.69. The molecule has 0 radical (unpaired) electrons. The van der Waals surface area contributed by atoms with Crippen molar-refractivity contribution in [2.75, 3.05) is 39.9 Å². The molecule has 1 saturated heterocycles. The number of likely N-dealkylation sites (tertiary alicyclic amines) is 1. The van der Waals surface area contributed by atoms with Crippen molar-refractivity contribution < 1.29 is 4.74 Å². The third-order valence-corrected chi connectivity index (χ3v) is 3.49. The lowest BCUT2D eigenvalue weighted by atomic mass is 9.97. The molecule has 1 aliphatic heterocycles. The molecule has 0 aliphatic carbocycles. The molecule has 120 valence electrons. The van der Waals surface area contributed by atoms with Crippen LogP contribution >= 0.6 is 24.0 Å². The monoisotopic (exact) mass is 397 g/mol. The van der Waals surface area contributed by atoms with Gasteiger partial charge in [0, 0.05) is 39.9 Å². The third-order valence-electron chi connectivity index (χ3n) is 3.49. The Bertz CT molecular complexity index is 272. The minimum absolute atomic E-state index is 0.